The number of fused-ring (bicyclic) bond motifs is 1. The Balaban J connectivity index is 2.05. The number of aryl methyl sites for hydroxylation is 1. The quantitative estimate of drug-likeness (QED) is 0.690. The van der Waals surface area contributed by atoms with Crippen molar-refractivity contribution in [2.45, 2.75) is 51.8 Å². The number of hydrogen-bond acceptors (Lipinski definition) is 4. The first-order valence-corrected chi connectivity index (χ1v) is 9.48. The van der Waals surface area contributed by atoms with Crippen LogP contribution in [0.3, 0.4) is 0 Å². The molecule has 2 N–H and O–H groups in total. The van der Waals surface area contributed by atoms with Gasteiger partial charge in [0.25, 0.3) is 5.56 Å². The summed E-state index contributed by atoms with van der Waals surface area (Å²) in [6, 6.07) is 3.25. The van der Waals surface area contributed by atoms with Crippen LogP contribution in [0.2, 0.25) is 0 Å². The van der Waals surface area contributed by atoms with Crippen molar-refractivity contribution in [3.63, 3.8) is 0 Å². The Hall–Kier alpha value is -2.42. The van der Waals surface area contributed by atoms with E-state index in [0.29, 0.717) is 11.8 Å². The van der Waals surface area contributed by atoms with Crippen molar-refractivity contribution in [2.75, 3.05) is 0 Å². The Kier molecular flexibility index (Phi) is 6.82. The highest BCUT2D eigenvalue weighted by Crippen LogP contribution is 2.21. The molecule has 1 aromatic carbocycles. The summed E-state index contributed by atoms with van der Waals surface area (Å²) in [4.78, 5) is 35.7. The molecule has 28 heavy (non-hydrogen) atoms. The molecule has 0 fully saturated rings. The molecule has 152 valence electrons. The summed E-state index contributed by atoms with van der Waals surface area (Å²) in [5.74, 6) is -1.72. The summed E-state index contributed by atoms with van der Waals surface area (Å²) >= 11 is 3.08. The molecular weight excluding hydrogens is 435 g/mol. The number of hydrogen-bond donors (Lipinski definition) is 2. The van der Waals surface area contributed by atoms with E-state index in [1.54, 1.807) is 33.0 Å². The molecule has 1 heterocycles. The first-order valence-electron chi connectivity index (χ1n) is 8.68. The number of halogens is 2. The van der Waals surface area contributed by atoms with Crippen LogP contribution in [0.25, 0.3) is 10.8 Å². The minimum atomic E-state index is -1.19. The second-order valence-electron chi connectivity index (χ2n) is 7.35. The van der Waals surface area contributed by atoms with Crippen LogP contribution >= 0.6 is 15.9 Å². The highest BCUT2D eigenvalue weighted by Gasteiger charge is 2.23. The van der Waals surface area contributed by atoms with Crippen LogP contribution in [-0.2, 0) is 16.1 Å². The molecule has 2 rings (SSSR count). The van der Waals surface area contributed by atoms with Gasteiger partial charge in [0.15, 0.2) is 0 Å². The average molecular weight is 457 g/mol. The molecule has 0 saturated carbocycles. The van der Waals surface area contributed by atoms with E-state index in [0.717, 1.165) is 0 Å². The van der Waals surface area contributed by atoms with Crippen molar-refractivity contribution in [3.8, 4) is 0 Å². The molecule has 0 bridgehead atoms. The number of rotatable bonds is 6. The van der Waals surface area contributed by atoms with Gasteiger partial charge in [-0.2, -0.15) is 0 Å². The number of benzene rings is 1. The number of carboxylic acids is 1. The van der Waals surface area contributed by atoms with Crippen LogP contribution in [0, 0.1) is 5.82 Å². The number of nitrogens with zero attached hydrogens (tertiary/aromatic N) is 1. The summed E-state index contributed by atoms with van der Waals surface area (Å²) < 4.78 is 20.5. The second-order valence-corrected chi connectivity index (χ2v) is 8.20. The van der Waals surface area contributed by atoms with Crippen molar-refractivity contribution in [1.29, 1.82) is 0 Å². The number of alkyl carbamates (subject to hydrolysis) is 1. The molecule has 0 aliphatic heterocycles. The van der Waals surface area contributed by atoms with E-state index in [1.807, 2.05) is 0 Å². The molecule has 0 saturated heterocycles. The number of aliphatic carboxylic acids is 1. The third-order valence-corrected chi connectivity index (χ3v) is 4.51. The summed E-state index contributed by atoms with van der Waals surface area (Å²) in [5, 5.41) is 12.4. The maximum Gasteiger partial charge on any atom is 0.408 e. The summed E-state index contributed by atoms with van der Waals surface area (Å²) in [7, 11) is 0. The largest absolute Gasteiger partial charge is 0.480 e. The topological polar surface area (TPSA) is 97.6 Å². The van der Waals surface area contributed by atoms with Gasteiger partial charge in [-0.1, -0.05) is 0 Å². The van der Waals surface area contributed by atoms with Crippen LogP contribution < -0.4 is 10.9 Å². The zero-order valence-corrected chi connectivity index (χ0v) is 17.4. The van der Waals surface area contributed by atoms with Gasteiger partial charge in [-0.15, -0.1) is 0 Å². The third-order valence-electron chi connectivity index (χ3n) is 3.90. The lowest BCUT2D eigenvalue weighted by Gasteiger charge is -2.22. The number of carbonyl (C=O) groups excluding carboxylic acids is 1. The van der Waals surface area contributed by atoms with Crippen LogP contribution in [0.5, 0.6) is 0 Å². The molecule has 0 aliphatic carbocycles. The van der Waals surface area contributed by atoms with Crippen molar-refractivity contribution >= 4 is 38.8 Å². The van der Waals surface area contributed by atoms with Gasteiger partial charge >= 0.3 is 12.1 Å². The van der Waals surface area contributed by atoms with E-state index >= 15 is 0 Å². The Labute approximate surface area is 169 Å². The molecule has 1 atom stereocenters. The minimum absolute atomic E-state index is 0.105. The highest BCUT2D eigenvalue weighted by molar-refractivity contribution is 9.10. The second kappa shape index (κ2) is 8.72. The average Bonchev–Trinajstić information content (AvgIpc) is 2.56. The number of aromatic nitrogens is 1. The van der Waals surface area contributed by atoms with E-state index in [1.165, 1.54) is 16.7 Å². The van der Waals surface area contributed by atoms with E-state index in [2.05, 4.69) is 21.2 Å². The standard InChI is InChI=1S/C19H22BrFN2O5/c1-19(2,3)28-18(27)22-15(17(25)26)5-4-7-23-8-6-11-9-13(20)14(21)10-12(11)16(23)24/h6,8-10,15H,4-5,7H2,1-3H3,(H,22,27)(H,25,26)/t15-/m1/s1. The van der Waals surface area contributed by atoms with Gasteiger partial charge in [-0.25, -0.2) is 14.0 Å². The maximum atomic E-state index is 13.7. The van der Waals surface area contributed by atoms with E-state index < -0.39 is 29.5 Å². The number of carboxylic acid groups (broad SMARTS) is 1. The summed E-state index contributed by atoms with van der Waals surface area (Å²) in [6.07, 6.45) is 1.18. The van der Waals surface area contributed by atoms with Gasteiger partial charge in [0.2, 0.25) is 0 Å². The fourth-order valence-corrected chi connectivity index (χ4v) is 2.99. The van der Waals surface area contributed by atoms with Crippen LogP contribution in [0.15, 0.2) is 33.7 Å². The fraction of sp³-hybridized carbons (Fsp3) is 0.421. The monoisotopic (exact) mass is 456 g/mol. The first kappa shape index (κ1) is 21.9. The van der Waals surface area contributed by atoms with Crippen LogP contribution in [0.4, 0.5) is 9.18 Å². The Morgan fingerprint density at radius 3 is 2.64 bits per heavy atom. The molecular formula is C19H22BrFN2O5. The molecule has 1 aromatic heterocycles. The van der Waals surface area contributed by atoms with Crippen LogP contribution in [0.1, 0.15) is 33.6 Å². The lowest BCUT2D eigenvalue weighted by atomic mass is 10.1. The zero-order valence-electron chi connectivity index (χ0n) is 15.8. The molecule has 0 spiro atoms. The summed E-state index contributed by atoms with van der Waals surface area (Å²) in [5.41, 5.74) is -1.11. The number of carbonyl (C=O) groups is 2. The number of nitrogens with one attached hydrogen (secondary N) is 1. The Morgan fingerprint density at radius 1 is 1.36 bits per heavy atom. The zero-order chi connectivity index (χ0) is 21.1. The SMILES string of the molecule is CC(C)(C)OC(=O)N[C@H](CCCn1ccc2cc(Br)c(F)cc2c1=O)C(=O)O. The first-order chi connectivity index (χ1) is 13.0. The van der Waals surface area contributed by atoms with Gasteiger partial charge < -0.3 is 19.7 Å². The minimum Gasteiger partial charge on any atom is -0.480 e. The van der Waals surface area contributed by atoms with Gasteiger partial charge in [0.1, 0.15) is 17.5 Å². The van der Waals surface area contributed by atoms with E-state index in [9.17, 15) is 23.9 Å². The molecule has 9 heteroatoms. The Morgan fingerprint density at radius 2 is 2.04 bits per heavy atom. The fourth-order valence-electron chi connectivity index (χ4n) is 2.63. The predicted octanol–water partition coefficient (Wildman–Crippen LogP) is 3.66. The molecule has 2 aromatic rings. The van der Waals surface area contributed by atoms with Crippen molar-refractivity contribution < 1.29 is 23.8 Å². The van der Waals surface area contributed by atoms with Gasteiger partial charge in [0.05, 0.1) is 9.86 Å². The maximum absolute atomic E-state index is 13.7. The van der Waals surface area contributed by atoms with Crippen molar-refractivity contribution in [1.82, 2.24) is 9.88 Å². The molecule has 0 radical (unpaired) electrons. The molecule has 7 nitrogen and oxygen atoms in total. The number of pyridine rings is 1. The number of ether oxygens (including phenoxy) is 1. The highest BCUT2D eigenvalue weighted by atomic mass is 79.9. The van der Waals surface area contributed by atoms with Gasteiger partial charge in [0, 0.05) is 12.7 Å². The lowest BCUT2D eigenvalue weighted by Crippen LogP contribution is -2.43. The van der Waals surface area contributed by atoms with Crippen LogP contribution in [-0.4, -0.2) is 33.4 Å². The van der Waals surface area contributed by atoms with Gasteiger partial charge in [-0.05, 0) is 73.1 Å². The summed E-state index contributed by atoms with van der Waals surface area (Å²) in [6.45, 7) is 5.26. The van der Waals surface area contributed by atoms with E-state index in [4.69, 9.17) is 4.74 Å². The third kappa shape index (κ3) is 5.79. The number of amides is 1. The molecule has 0 aliphatic rings. The predicted molar refractivity (Wildman–Crippen MR) is 106 cm³/mol. The van der Waals surface area contributed by atoms with Crippen molar-refractivity contribution in [3.05, 3.63) is 45.0 Å². The van der Waals surface area contributed by atoms with Crippen molar-refractivity contribution in [2.24, 2.45) is 0 Å². The normalized spacial score (nSPS) is 12.6. The molecule has 0 unspecified atom stereocenters. The van der Waals surface area contributed by atoms with Gasteiger partial charge in [-0.3, -0.25) is 4.79 Å². The smallest absolute Gasteiger partial charge is 0.408 e. The lowest BCUT2D eigenvalue weighted by molar-refractivity contribution is -0.139. The Bertz CT molecular complexity index is 952. The molecule has 1 amide bonds. The van der Waals surface area contributed by atoms with E-state index in [-0.39, 0.29) is 28.4 Å².